The van der Waals surface area contributed by atoms with Crippen molar-refractivity contribution in [2.45, 2.75) is 58.3 Å². The van der Waals surface area contributed by atoms with Crippen molar-refractivity contribution in [1.29, 1.82) is 0 Å². The Hall–Kier alpha value is -1.72. The largest absolute Gasteiger partial charge is 0.493 e. The molecule has 0 bridgehead atoms. The average Bonchev–Trinajstić information content (AvgIpc) is 2.73. The fraction of sp³-hybridized carbons (Fsp3) is 0.478. The predicted octanol–water partition coefficient (Wildman–Crippen LogP) is 5.31. The van der Waals surface area contributed by atoms with Crippen molar-refractivity contribution >= 4 is 12.6 Å². The lowest BCUT2D eigenvalue weighted by Crippen LogP contribution is -2.43. The normalized spacial score (nSPS) is 15.2. The Kier molecular flexibility index (Phi) is 7.63. The summed E-state index contributed by atoms with van der Waals surface area (Å²) in [4.78, 5) is 0. The van der Waals surface area contributed by atoms with Crippen molar-refractivity contribution in [1.82, 2.24) is 0 Å². The minimum Gasteiger partial charge on any atom is -0.407 e. The summed E-state index contributed by atoms with van der Waals surface area (Å²) >= 11 is 0. The van der Waals surface area contributed by atoms with Crippen LogP contribution >= 0.6 is 0 Å². The highest BCUT2D eigenvalue weighted by Crippen LogP contribution is 2.26. The van der Waals surface area contributed by atoms with Crippen molar-refractivity contribution < 1.29 is 18.1 Å². The summed E-state index contributed by atoms with van der Waals surface area (Å²) < 4.78 is 39.6. The van der Waals surface area contributed by atoms with Crippen LogP contribution in [0.1, 0.15) is 61.6 Å². The van der Waals surface area contributed by atoms with Crippen molar-refractivity contribution in [3.05, 3.63) is 64.7 Å². The van der Waals surface area contributed by atoms with Crippen molar-refractivity contribution in [2.75, 3.05) is 13.2 Å². The fourth-order valence-corrected chi connectivity index (χ4v) is 3.63. The highest BCUT2D eigenvalue weighted by atomic mass is 19.2. The van der Waals surface area contributed by atoms with E-state index >= 15 is 0 Å². The molecule has 0 atom stereocenters. The number of unbranched alkanes of at least 4 members (excludes halogenated alkanes) is 4. The first kappa shape index (κ1) is 21.0. The Bertz CT molecular complexity index is 756. The van der Waals surface area contributed by atoms with Gasteiger partial charge in [0.2, 0.25) is 0 Å². The van der Waals surface area contributed by atoms with Crippen LogP contribution in [0.25, 0.3) is 0 Å². The van der Waals surface area contributed by atoms with E-state index in [0.717, 1.165) is 11.9 Å². The number of hydrogen-bond acceptors (Lipinski definition) is 2. The van der Waals surface area contributed by atoms with Gasteiger partial charge in [-0.05, 0) is 41.9 Å². The number of hydrogen-bond donors (Lipinski definition) is 0. The second-order valence-electron chi connectivity index (χ2n) is 7.70. The molecule has 0 N–H and O–H groups in total. The van der Waals surface area contributed by atoms with Gasteiger partial charge in [0, 0.05) is 19.1 Å². The van der Waals surface area contributed by atoms with E-state index in [2.05, 4.69) is 19.1 Å². The predicted molar refractivity (Wildman–Crippen MR) is 110 cm³/mol. The fourth-order valence-electron chi connectivity index (χ4n) is 3.63. The molecule has 28 heavy (non-hydrogen) atoms. The zero-order valence-electron chi connectivity index (χ0n) is 16.8. The van der Waals surface area contributed by atoms with Crippen molar-refractivity contribution in [3.8, 4) is 0 Å². The van der Waals surface area contributed by atoms with Gasteiger partial charge in [-0.15, -0.1) is 0 Å². The summed E-state index contributed by atoms with van der Waals surface area (Å²) in [6, 6.07) is 11.6. The third-order valence-corrected chi connectivity index (χ3v) is 5.46. The van der Waals surface area contributed by atoms with E-state index in [4.69, 9.17) is 9.31 Å². The number of halogens is 2. The molecule has 2 aromatic rings. The first-order valence-corrected chi connectivity index (χ1v) is 10.4. The SMILES string of the molecule is CCCCCCCc1ccc(B2OCC(c3ccc(C)c(F)c3F)CO2)cc1. The summed E-state index contributed by atoms with van der Waals surface area (Å²) in [7, 11) is -0.451. The van der Waals surface area contributed by atoms with E-state index in [1.54, 1.807) is 19.1 Å². The van der Waals surface area contributed by atoms with Gasteiger partial charge >= 0.3 is 7.12 Å². The first-order valence-electron chi connectivity index (χ1n) is 10.4. The molecule has 2 nitrogen and oxygen atoms in total. The van der Waals surface area contributed by atoms with E-state index in [0.29, 0.717) is 24.3 Å². The van der Waals surface area contributed by atoms with Crippen LogP contribution in [0.4, 0.5) is 8.78 Å². The van der Waals surface area contributed by atoms with Gasteiger partial charge in [0.15, 0.2) is 11.6 Å². The average molecular weight is 386 g/mol. The van der Waals surface area contributed by atoms with Crippen LogP contribution in [0.5, 0.6) is 0 Å². The summed E-state index contributed by atoms with van der Waals surface area (Å²) in [5, 5.41) is 0. The number of benzene rings is 2. The lowest BCUT2D eigenvalue weighted by molar-refractivity contribution is 0.119. The molecule has 1 fully saturated rings. The van der Waals surface area contributed by atoms with Crippen LogP contribution in [0.3, 0.4) is 0 Å². The molecule has 2 aromatic carbocycles. The summed E-state index contributed by atoms with van der Waals surface area (Å²) in [6.45, 7) is 4.40. The lowest BCUT2D eigenvalue weighted by Gasteiger charge is -2.28. The second kappa shape index (κ2) is 10.2. The molecule has 0 spiro atoms. The maximum Gasteiger partial charge on any atom is 0.493 e. The maximum absolute atomic E-state index is 14.2. The third kappa shape index (κ3) is 5.21. The molecular formula is C23H29BF2O2. The summed E-state index contributed by atoms with van der Waals surface area (Å²) in [5.74, 6) is -1.88. The molecule has 0 saturated carbocycles. The van der Waals surface area contributed by atoms with Crippen LogP contribution < -0.4 is 5.46 Å². The molecule has 1 aliphatic heterocycles. The van der Waals surface area contributed by atoms with Crippen LogP contribution in [0.15, 0.2) is 36.4 Å². The van der Waals surface area contributed by atoms with Gasteiger partial charge < -0.3 is 9.31 Å². The molecule has 150 valence electrons. The Morgan fingerprint density at radius 3 is 2.25 bits per heavy atom. The molecule has 0 radical (unpaired) electrons. The quantitative estimate of drug-likeness (QED) is 0.452. The van der Waals surface area contributed by atoms with E-state index in [9.17, 15) is 8.78 Å². The van der Waals surface area contributed by atoms with E-state index in [-0.39, 0.29) is 5.92 Å². The van der Waals surface area contributed by atoms with Crippen LogP contribution in [-0.4, -0.2) is 20.3 Å². The minimum atomic E-state index is -0.793. The van der Waals surface area contributed by atoms with Gasteiger partial charge in [-0.2, -0.15) is 0 Å². The molecule has 0 amide bonds. The standard InChI is InChI=1S/C23H29BF2O2/c1-3-4-5-6-7-8-18-10-12-20(13-11-18)24-27-15-19(16-28-24)21-14-9-17(2)22(25)23(21)26/h9-14,19H,3-8,15-16H2,1-2H3. The van der Waals surface area contributed by atoms with Gasteiger partial charge in [0.1, 0.15) is 0 Å². The van der Waals surface area contributed by atoms with Crippen molar-refractivity contribution in [2.24, 2.45) is 0 Å². The van der Waals surface area contributed by atoms with Gasteiger partial charge in [0.25, 0.3) is 0 Å². The molecule has 1 aliphatic rings. The van der Waals surface area contributed by atoms with E-state index in [1.165, 1.54) is 37.7 Å². The summed E-state index contributed by atoms with van der Waals surface area (Å²) in [5.41, 5.74) is 2.91. The van der Waals surface area contributed by atoms with Gasteiger partial charge in [-0.25, -0.2) is 8.78 Å². The van der Waals surface area contributed by atoms with Crippen LogP contribution in [0.2, 0.25) is 0 Å². The molecule has 1 heterocycles. The van der Waals surface area contributed by atoms with Crippen LogP contribution in [0, 0.1) is 18.6 Å². The Balaban J connectivity index is 1.51. The third-order valence-electron chi connectivity index (χ3n) is 5.46. The van der Waals surface area contributed by atoms with Crippen LogP contribution in [-0.2, 0) is 15.7 Å². The molecule has 0 aromatic heterocycles. The van der Waals surface area contributed by atoms with E-state index < -0.39 is 18.8 Å². The van der Waals surface area contributed by atoms with Gasteiger partial charge in [-0.1, -0.05) is 69.0 Å². The minimum absolute atomic E-state index is 0.297. The first-order chi connectivity index (χ1) is 13.6. The highest BCUT2D eigenvalue weighted by Gasteiger charge is 2.31. The molecule has 0 aliphatic carbocycles. The molecular weight excluding hydrogens is 357 g/mol. The topological polar surface area (TPSA) is 18.5 Å². The number of aryl methyl sites for hydroxylation is 2. The molecule has 3 rings (SSSR count). The molecule has 0 unspecified atom stereocenters. The van der Waals surface area contributed by atoms with Crippen molar-refractivity contribution in [3.63, 3.8) is 0 Å². The van der Waals surface area contributed by atoms with Gasteiger partial charge in [-0.3, -0.25) is 0 Å². The molecule has 1 saturated heterocycles. The Morgan fingerprint density at radius 1 is 0.893 bits per heavy atom. The van der Waals surface area contributed by atoms with Gasteiger partial charge in [0.05, 0.1) is 0 Å². The Morgan fingerprint density at radius 2 is 1.57 bits per heavy atom. The zero-order valence-corrected chi connectivity index (χ0v) is 16.8. The smallest absolute Gasteiger partial charge is 0.407 e. The summed E-state index contributed by atoms with van der Waals surface area (Å²) in [6.07, 6.45) is 7.48. The lowest BCUT2D eigenvalue weighted by atomic mass is 9.76. The zero-order chi connectivity index (χ0) is 19.9. The number of rotatable bonds is 8. The second-order valence-corrected chi connectivity index (χ2v) is 7.70. The maximum atomic E-state index is 14.2. The highest BCUT2D eigenvalue weighted by molar-refractivity contribution is 6.61. The molecule has 5 heteroatoms. The van der Waals surface area contributed by atoms with E-state index in [1.807, 2.05) is 12.1 Å². The Labute approximate surface area is 167 Å². The monoisotopic (exact) mass is 386 g/mol.